The molecule has 4 saturated carbocycles. The van der Waals surface area contributed by atoms with E-state index in [2.05, 4.69) is 67.5 Å². The van der Waals surface area contributed by atoms with Crippen molar-refractivity contribution < 1.29 is 35.0 Å². The molecule has 5 N–H and O–H groups in total. The van der Waals surface area contributed by atoms with Gasteiger partial charge in [-0.3, -0.25) is 0 Å². The molecule has 1 heterocycles. The van der Waals surface area contributed by atoms with Crippen molar-refractivity contribution in [2.24, 2.45) is 45.3 Å². The lowest BCUT2D eigenvalue weighted by Gasteiger charge is -2.70. The van der Waals surface area contributed by atoms with E-state index >= 15 is 0 Å². The predicted molar refractivity (Wildman–Crippen MR) is 167 cm³/mol. The van der Waals surface area contributed by atoms with Gasteiger partial charge in [-0.25, -0.2) is 0 Å². The fourth-order valence-electron chi connectivity index (χ4n) is 11.5. The lowest BCUT2D eigenvalue weighted by molar-refractivity contribution is -0.331. The quantitative estimate of drug-likeness (QED) is 0.211. The van der Waals surface area contributed by atoms with Gasteiger partial charge in [0.15, 0.2) is 6.29 Å². The highest BCUT2D eigenvalue weighted by Crippen LogP contribution is 2.75. The van der Waals surface area contributed by atoms with Gasteiger partial charge in [-0.05, 0) is 117 Å². The molecule has 7 nitrogen and oxygen atoms in total. The van der Waals surface area contributed by atoms with Crippen molar-refractivity contribution in [1.29, 1.82) is 0 Å². The Hall–Kier alpha value is -0.800. The van der Waals surface area contributed by atoms with Crippen LogP contribution in [-0.4, -0.2) is 75.1 Å². The fourth-order valence-corrected chi connectivity index (χ4v) is 11.5. The minimum absolute atomic E-state index is 0.0348. The Morgan fingerprint density at radius 2 is 1.49 bits per heavy atom. The van der Waals surface area contributed by atoms with Gasteiger partial charge in [0.2, 0.25) is 0 Å². The highest BCUT2D eigenvalue weighted by Gasteiger charge is 2.70. The number of hydrogen-bond acceptors (Lipinski definition) is 7. The molecular weight excluding hydrogens is 544 g/mol. The van der Waals surface area contributed by atoms with Crippen LogP contribution in [0, 0.1) is 45.3 Å². The van der Waals surface area contributed by atoms with Gasteiger partial charge in [-0.2, -0.15) is 0 Å². The van der Waals surface area contributed by atoms with Gasteiger partial charge >= 0.3 is 0 Å². The molecule has 5 fully saturated rings. The Balaban J connectivity index is 1.38. The molecule has 43 heavy (non-hydrogen) atoms. The van der Waals surface area contributed by atoms with Crippen LogP contribution in [0.5, 0.6) is 0 Å². The molecule has 1 saturated heterocycles. The van der Waals surface area contributed by atoms with Crippen LogP contribution >= 0.6 is 0 Å². The molecule has 0 aromatic rings. The molecular formula is C36H60O7. The van der Waals surface area contributed by atoms with E-state index in [1.807, 2.05) is 0 Å². The summed E-state index contributed by atoms with van der Waals surface area (Å²) in [5.41, 5.74) is 2.80. The molecule has 4 aliphatic carbocycles. The zero-order valence-corrected chi connectivity index (χ0v) is 27.9. The summed E-state index contributed by atoms with van der Waals surface area (Å²) in [7, 11) is 0. The van der Waals surface area contributed by atoms with Crippen molar-refractivity contribution in [2.75, 3.05) is 6.61 Å². The second-order valence-electron chi connectivity index (χ2n) is 16.6. The van der Waals surface area contributed by atoms with Crippen molar-refractivity contribution in [3.05, 3.63) is 23.3 Å². The zero-order chi connectivity index (χ0) is 31.7. The van der Waals surface area contributed by atoms with Gasteiger partial charge in [0.1, 0.15) is 24.4 Å². The third-order valence-corrected chi connectivity index (χ3v) is 14.0. The fraction of sp³-hybridized carbons (Fsp3) is 0.889. The number of hydrogen-bond donors (Lipinski definition) is 5. The predicted octanol–water partition coefficient (Wildman–Crippen LogP) is 5.13. The van der Waals surface area contributed by atoms with Gasteiger partial charge in [-0.15, -0.1) is 0 Å². The maximum absolute atomic E-state index is 12.0. The van der Waals surface area contributed by atoms with E-state index in [0.29, 0.717) is 17.8 Å². The minimum Gasteiger partial charge on any atom is -0.394 e. The summed E-state index contributed by atoms with van der Waals surface area (Å²) in [6.07, 6.45) is 5.90. The summed E-state index contributed by atoms with van der Waals surface area (Å²) < 4.78 is 12.2. The van der Waals surface area contributed by atoms with Crippen LogP contribution in [0.4, 0.5) is 0 Å². The van der Waals surface area contributed by atoms with E-state index in [1.165, 1.54) is 11.1 Å². The lowest BCUT2D eigenvalue weighted by atomic mass is 9.35. The molecule has 0 bridgehead atoms. The van der Waals surface area contributed by atoms with E-state index in [1.54, 1.807) is 0 Å². The van der Waals surface area contributed by atoms with Crippen molar-refractivity contribution in [3.63, 3.8) is 0 Å². The topological polar surface area (TPSA) is 120 Å². The maximum atomic E-state index is 12.0. The second-order valence-corrected chi connectivity index (χ2v) is 16.6. The number of ether oxygens (including phenoxy) is 2. The summed E-state index contributed by atoms with van der Waals surface area (Å²) in [4.78, 5) is 0. The van der Waals surface area contributed by atoms with Crippen molar-refractivity contribution in [2.45, 2.75) is 150 Å². The van der Waals surface area contributed by atoms with Crippen molar-refractivity contribution in [1.82, 2.24) is 0 Å². The van der Waals surface area contributed by atoms with Gasteiger partial charge in [0.05, 0.1) is 18.8 Å². The van der Waals surface area contributed by atoms with E-state index < -0.39 is 37.3 Å². The highest BCUT2D eigenvalue weighted by molar-refractivity contribution is 5.23. The molecule has 0 spiro atoms. The average Bonchev–Trinajstić information content (AvgIpc) is 3.31. The Labute approximate surface area is 259 Å². The Bertz CT molecular complexity index is 1080. The molecule has 1 aliphatic heterocycles. The normalized spacial score (nSPS) is 51.3. The monoisotopic (exact) mass is 604 g/mol. The molecule has 14 atom stereocenters. The third kappa shape index (κ3) is 5.21. The van der Waals surface area contributed by atoms with E-state index in [4.69, 9.17) is 9.47 Å². The van der Waals surface area contributed by atoms with Gasteiger partial charge in [0.25, 0.3) is 0 Å². The van der Waals surface area contributed by atoms with Crippen molar-refractivity contribution >= 4 is 0 Å². The molecule has 7 heteroatoms. The molecule has 0 radical (unpaired) electrons. The molecule has 0 aromatic carbocycles. The Morgan fingerprint density at radius 1 is 0.814 bits per heavy atom. The van der Waals surface area contributed by atoms with Crippen LogP contribution in [0.15, 0.2) is 23.3 Å². The number of aliphatic hydroxyl groups excluding tert-OH is 5. The Morgan fingerprint density at radius 3 is 2.14 bits per heavy atom. The lowest BCUT2D eigenvalue weighted by Crippen LogP contribution is -2.67. The van der Waals surface area contributed by atoms with Crippen LogP contribution in [0.25, 0.3) is 0 Å². The smallest absolute Gasteiger partial charge is 0.186 e. The first kappa shape index (κ1) is 33.6. The van der Waals surface area contributed by atoms with Crippen LogP contribution in [-0.2, 0) is 9.47 Å². The largest absolute Gasteiger partial charge is 0.394 e. The number of allylic oxidation sites excluding steroid dienone is 4. The molecule has 246 valence electrons. The number of aliphatic hydroxyl groups is 5. The first-order valence-corrected chi connectivity index (χ1v) is 17.0. The van der Waals surface area contributed by atoms with Crippen LogP contribution in [0.1, 0.15) is 107 Å². The first-order valence-electron chi connectivity index (χ1n) is 17.0. The molecule has 11 unspecified atom stereocenters. The van der Waals surface area contributed by atoms with Crippen LogP contribution in [0.3, 0.4) is 0 Å². The molecule has 5 aliphatic rings. The summed E-state index contributed by atoms with van der Waals surface area (Å²) in [5.74, 6) is 1.48. The van der Waals surface area contributed by atoms with Crippen LogP contribution in [0.2, 0.25) is 0 Å². The van der Waals surface area contributed by atoms with E-state index in [9.17, 15) is 25.5 Å². The number of fused-ring (bicyclic) bond motifs is 5. The molecule has 0 amide bonds. The molecule has 5 rings (SSSR count). The zero-order valence-electron chi connectivity index (χ0n) is 27.9. The van der Waals surface area contributed by atoms with Gasteiger partial charge in [-0.1, -0.05) is 57.9 Å². The minimum atomic E-state index is -1.44. The average molecular weight is 605 g/mol. The first-order chi connectivity index (χ1) is 20.0. The highest BCUT2D eigenvalue weighted by atomic mass is 16.7. The van der Waals surface area contributed by atoms with Crippen molar-refractivity contribution in [3.8, 4) is 0 Å². The SMILES string of the molecule is CC(C)=CCC=C(C)C1CC[C@]2(C)C1C(O)CC1[C@@]3(C)CCC(OC4OC(CO)C(O)C(O)C4O)C(C)(C)C3CC[C@]12C. The van der Waals surface area contributed by atoms with E-state index in [0.717, 1.165) is 51.4 Å². The standard InChI is InChI=1S/C36H60O7/c1-20(2)10-9-11-21(3)22-12-16-36(8)28(22)23(38)18-26-34(6)15-14-27(33(4,5)25(34)13-17-35(26,36)7)43-32-31(41)30(40)29(39)24(19-37)42-32/h10-11,22-32,37-41H,9,12-19H2,1-8H3/t22?,23?,24?,25?,26?,27?,28?,29?,30?,31?,32?,34-,35+,36+/m0/s1. The number of rotatable bonds is 6. The van der Waals surface area contributed by atoms with E-state index in [-0.39, 0.29) is 39.8 Å². The summed E-state index contributed by atoms with van der Waals surface area (Å²) in [6, 6.07) is 0. The Kier molecular flexibility index (Phi) is 9.19. The third-order valence-electron chi connectivity index (χ3n) is 14.0. The van der Waals surface area contributed by atoms with Gasteiger partial charge in [0, 0.05) is 0 Å². The molecule has 0 aromatic heterocycles. The van der Waals surface area contributed by atoms with Crippen LogP contribution < -0.4 is 0 Å². The summed E-state index contributed by atoms with van der Waals surface area (Å²) >= 11 is 0. The summed E-state index contributed by atoms with van der Waals surface area (Å²) in [5, 5.41) is 52.9. The summed E-state index contributed by atoms with van der Waals surface area (Å²) in [6.45, 7) is 18.2. The maximum Gasteiger partial charge on any atom is 0.186 e. The second kappa shape index (κ2) is 11.8. The van der Waals surface area contributed by atoms with Gasteiger partial charge < -0.3 is 35.0 Å².